The molecule has 0 bridgehead atoms. The molecule has 0 atom stereocenters. The van der Waals surface area contributed by atoms with Crippen LogP contribution in [0.3, 0.4) is 0 Å². The largest absolute Gasteiger partial charge is 0.340 e. The van der Waals surface area contributed by atoms with Gasteiger partial charge in [0.2, 0.25) is 0 Å². The Balaban J connectivity index is 2.17. The van der Waals surface area contributed by atoms with Gasteiger partial charge in [0, 0.05) is 22.8 Å². The fourth-order valence-electron chi connectivity index (χ4n) is 3.89. The van der Waals surface area contributed by atoms with Crippen LogP contribution >= 0.6 is 0 Å². The summed E-state index contributed by atoms with van der Waals surface area (Å²) >= 11 is 0. The Bertz CT molecular complexity index is 1030. The van der Waals surface area contributed by atoms with Crippen molar-refractivity contribution in [2.45, 2.75) is 19.4 Å². The maximum absolute atomic E-state index is 13.8. The second-order valence-corrected chi connectivity index (χ2v) is 5.90. The first-order valence-electron chi connectivity index (χ1n) is 7.45. The zero-order valence-electron chi connectivity index (χ0n) is 11.6. The number of rotatable bonds is 0. The molecule has 0 saturated carbocycles. The van der Waals surface area contributed by atoms with Crippen LogP contribution in [-0.4, -0.2) is 4.57 Å². The van der Waals surface area contributed by atoms with Crippen molar-refractivity contribution in [1.82, 2.24) is 4.57 Å². The zero-order valence-corrected chi connectivity index (χ0v) is 11.6. The van der Waals surface area contributed by atoms with E-state index in [9.17, 15) is 4.39 Å². The molecule has 21 heavy (non-hydrogen) atoms. The summed E-state index contributed by atoms with van der Waals surface area (Å²) in [4.78, 5) is 0. The third-order valence-corrected chi connectivity index (χ3v) is 4.72. The minimum atomic E-state index is -0.162. The van der Waals surface area contributed by atoms with E-state index in [0.717, 1.165) is 23.7 Å². The van der Waals surface area contributed by atoms with Crippen LogP contribution in [-0.2, 0) is 13.0 Å². The van der Waals surface area contributed by atoms with Gasteiger partial charge in [-0.05, 0) is 53.4 Å². The highest BCUT2D eigenvalue weighted by molar-refractivity contribution is 6.21. The van der Waals surface area contributed by atoms with Crippen molar-refractivity contribution in [1.29, 1.82) is 0 Å². The lowest BCUT2D eigenvalue weighted by Crippen LogP contribution is -2.07. The number of halogens is 1. The van der Waals surface area contributed by atoms with Gasteiger partial charge in [0.05, 0.1) is 5.52 Å². The summed E-state index contributed by atoms with van der Waals surface area (Å²) in [5.41, 5.74) is 3.97. The Kier molecular flexibility index (Phi) is 2.08. The van der Waals surface area contributed by atoms with Crippen LogP contribution in [0.15, 0.2) is 48.5 Å². The van der Waals surface area contributed by atoms with Crippen molar-refractivity contribution < 1.29 is 4.39 Å². The molecule has 0 N–H and O–H groups in total. The molecule has 2 heteroatoms. The van der Waals surface area contributed by atoms with Gasteiger partial charge in [-0.15, -0.1) is 0 Å². The number of benzene rings is 3. The number of nitrogens with zero attached hydrogens (tertiary/aromatic N) is 1. The van der Waals surface area contributed by atoms with Crippen LogP contribution < -0.4 is 0 Å². The molecule has 5 rings (SSSR count). The summed E-state index contributed by atoms with van der Waals surface area (Å²) in [5.74, 6) is -0.162. The molecule has 0 amide bonds. The highest BCUT2D eigenvalue weighted by atomic mass is 19.1. The van der Waals surface area contributed by atoms with E-state index in [-0.39, 0.29) is 5.82 Å². The number of hydrogen-bond donors (Lipinski definition) is 0. The van der Waals surface area contributed by atoms with Crippen molar-refractivity contribution in [3.63, 3.8) is 0 Å². The molecule has 102 valence electrons. The third-order valence-electron chi connectivity index (χ3n) is 4.72. The second kappa shape index (κ2) is 3.85. The van der Waals surface area contributed by atoms with E-state index in [1.54, 1.807) is 12.1 Å². The van der Waals surface area contributed by atoms with E-state index in [4.69, 9.17) is 0 Å². The SMILES string of the molecule is Fc1ccc2cc3c4c(c2c1)c1ccccc1n4CCC3. The van der Waals surface area contributed by atoms with Crippen molar-refractivity contribution in [3.8, 4) is 0 Å². The normalized spacial score (nSPS) is 14.3. The smallest absolute Gasteiger partial charge is 0.123 e. The predicted molar refractivity (Wildman–Crippen MR) is 85.2 cm³/mol. The minimum absolute atomic E-state index is 0.162. The number of aromatic nitrogens is 1. The molecule has 1 aliphatic heterocycles. The molecule has 0 fully saturated rings. The highest BCUT2D eigenvalue weighted by Gasteiger charge is 2.19. The number of fused-ring (bicyclic) bond motifs is 5. The first-order chi connectivity index (χ1) is 10.3. The van der Waals surface area contributed by atoms with Gasteiger partial charge < -0.3 is 4.57 Å². The molecule has 1 aliphatic rings. The Morgan fingerprint density at radius 3 is 2.81 bits per heavy atom. The van der Waals surface area contributed by atoms with Crippen molar-refractivity contribution in [3.05, 3.63) is 59.9 Å². The monoisotopic (exact) mass is 275 g/mol. The number of aryl methyl sites for hydroxylation is 2. The van der Waals surface area contributed by atoms with E-state index < -0.39 is 0 Å². The van der Waals surface area contributed by atoms with Gasteiger partial charge in [-0.25, -0.2) is 4.39 Å². The lowest BCUT2D eigenvalue weighted by Gasteiger charge is -2.17. The van der Waals surface area contributed by atoms with Gasteiger partial charge in [0.15, 0.2) is 0 Å². The van der Waals surface area contributed by atoms with Gasteiger partial charge in [-0.1, -0.05) is 24.3 Å². The Morgan fingerprint density at radius 1 is 0.952 bits per heavy atom. The Labute approximate surface area is 121 Å². The van der Waals surface area contributed by atoms with Crippen LogP contribution in [0.25, 0.3) is 32.6 Å². The Morgan fingerprint density at radius 2 is 1.86 bits per heavy atom. The fourth-order valence-corrected chi connectivity index (χ4v) is 3.89. The van der Waals surface area contributed by atoms with E-state index in [1.165, 1.54) is 33.8 Å². The first-order valence-corrected chi connectivity index (χ1v) is 7.45. The molecule has 1 nitrogen and oxygen atoms in total. The van der Waals surface area contributed by atoms with Gasteiger partial charge in [0.25, 0.3) is 0 Å². The van der Waals surface area contributed by atoms with E-state index in [2.05, 4.69) is 34.9 Å². The minimum Gasteiger partial charge on any atom is -0.340 e. The standard InChI is InChI=1S/C19H14FN/c20-14-8-7-12-10-13-4-3-9-21-17-6-2-1-5-15(17)18(19(13)21)16(12)11-14/h1-2,5-8,10-11H,3-4,9H2. The van der Waals surface area contributed by atoms with Gasteiger partial charge in [-0.3, -0.25) is 0 Å². The maximum atomic E-state index is 13.8. The van der Waals surface area contributed by atoms with Crippen LogP contribution in [0.4, 0.5) is 4.39 Å². The predicted octanol–water partition coefficient (Wildman–Crippen LogP) is 5.03. The van der Waals surface area contributed by atoms with E-state index in [1.807, 2.05) is 6.07 Å². The first kappa shape index (κ1) is 11.3. The van der Waals surface area contributed by atoms with Crippen molar-refractivity contribution >= 4 is 32.6 Å². The molecule has 4 aromatic rings. The molecule has 0 radical (unpaired) electrons. The van der Waals surface area contributed by atoms with Crippen LogP contribution in [0.5, 0.6) is 0 Å². The summed E-state index contributed by atoms with van der Waals surface area (Å²) in [6.07, 6.45) is 2.29. The van der Waals surface area contributed by atoms with E-state index in [0.29, 0.717) is 0 Å². The molecular weight excluding hydrogens is 261 g/mol. The van der Waals surface area contributed by atoms with Crippen LogP contribution in [0.1, 0.15) is 12.0 Å². The molecule has 3 aromatic carbocycles. The number of para-hydroxylation sites is 1. The van der Waals surface area contributed by atoms with Crippen molar-refractivity contribution in [2.24, 2.45) is 0 Å². The van der Waals surface area contributed by atoms with Gasteiger partial charge in [0.1, 0.15) is 5.82 Å². The van der Waals surface area contributed by atoms with E-state index >= 15 is 0 Å². The summed E-state index contributed by atoms with van der Waals surface area (Å²) in [6.45, 7) is 1.05. The summed E-state index contributed by atoms with van der Waals surface area (Å²) in [7, 11) is 0. The zero-order chi connectivity index (χ0) is 14.0. The maximum Gasteiger partial charge on any atom is 0.123 e. The average Bonchev–Trinajstić information content (AvgIpc) is 2.85. The lowest BCUT2D eigenvalue weighted by molar-refractivity contribution is 0.629. The fraction of sp³-hybridized carbons (Fsp3) is 0.158. The lowest BCUT2D eigenvalue weighted by atomic mass is 9.96. The topological polar surface area (TPSA) is 4.93 Å². The van der Waals surface area contributed by atoms with Crippen molar-refractivity contribution in [2.75, 3.05) is 0 Å². The molecule has 1 aromatic heterocycles. The van der Waals surface area contributed by atoms with Crippen LogP contribution in [0, 0.1) is 5.82 Å². The molecule has 0 saturated heterocycles. The summed E-state index contributed by atoms with van der Waals surface area (Å²) in [5, 5.41) is 4.64. The van der Waals surface area contributed by atoms with Gasteiger partial charge >= 0.3 is 0 Å². The average molecular weight is 275 g/mol. The summed E-state index contributed by atoms with van der Waals surface area (Å²) < 4.78 is 16.2. The molecule has 0 spiro atoms. The van der Waals surface area contributed by atoms with Gasteiger partial charge in [-0.2, -0.15) is 0 Å². The highest BCUT2D eigenvalue weighted by Crippen LogP contribution is 2.39. The Hall–Kier alpha value is -2.35. The third kappa shape index (κ3) is 1.40. The number of hydrogen-bond acceptors (Lipinski definition) is 0. The second-order valence-electron chi connectivity index (χ2n) is 5.90. The molecule has 0 aliphatic carbocycles. The molecular formula is C19H14FN. The summed E-state index contributed by atoms with van der Waals surface area (Å²) in [6, 6.07) is 15.9. The quantitative estimate of drug-likeness (QED) is 0.424. The van der Waals surface area contributed by atoms with Crippen LogP contribution in [0.2, 0.25) is 0 Å². The molecule has 2 heterocycles. The molecule has 0 unspecified atom stereocenters.